The van der Waals surface area contributed by atoms with Gasteiger partial charge in [0.2, 0.25) is 10.0 Å². The van der Waals surface area contributed by atoms with Crippen LogP contribution in [0.3, 0.4) is 0 Å². The van der Waals surface area contributed by atoms with E-state index in [1.165, 1.54) is 18.5 Å². The van der Waals surface area contributed by atoms with Gasteiger partial charge in [-0.1, -0.05) is 6.07 Å². The summed E-state index contributed by atoms with van der Waals surface area (Å²) in [7, 11) is -4.18. The predicted octanol–water partition coefficient (Wildman–Crippen LogP) is 3.82. The Balaban J connectivity index is 1.64. The average molecular weight is 451 g/mol. The maximum Gasteiger partial charge on any atom is 0.416 e. The van der Waals surface area contributed by atoms with Crippen LogP contribution in [0, 0.1) is 0 Å². The van der Waals surface area contributed by atoms with Crippen LogP contribution in [0.1, 0.15) is 37.3 Å². The molecular weight excluding hydrogens is 431 g/mol. The van der Waals surface area contributed by atoms with Crippen molar-refractivity contribution in [3.8, 4) is 11.1 Å². The van der Waals surface area contributed by atoms with Gasteiger partial charge in [0.25, 0.3) is 0 Å². The van der Waals surface area contributed by atoms with Crippen LogP contribution in [-0.4, -0.2) is 34.2 Å². The molecule has 1 aliphatic carbocycles. The van der Waals surface area contributed by atoms with Crippen LogP contribution in [0.4, 0.5) is 13.2 Å². The Bertz CT molecular complexity index is 1140. The maximum absolute atomic E-state index is 13.5. The lowest BCUT2D eigenvalue weighted by molar-refractivity contribution is -0.137. The molecule has 4 rings (SSSR count). The fraction of sp³-hybridized carbons (Fsp3) is 0.350. The summed E-state index contributed by atoms with van der Waals surface area (Å²) in [5.41, 5.74) is -0.495. The molecule has 31 heavy (non-hydrogen) atoms. The number of nitrogens with one attached hydrogen (secondary N) is 1. The van der Waals surface area contributed by atoms with E-state index in [2.05, 4.69) is 19.9 Å². The number of nitrogens with zero attached hydrogens (tertiary/aromatic N) is 4. The summed E-state index contributed by atoms with van der Waals surface area (Å²) >= 11 is 0. The van der Waals surface area contributed by atoms with Crippen molar-refractivity contribution in [2.24, 2.45) is 0 Å². The molecule has 0 spiro atoms. The zero-order valence-electron chi connectivity index (χ0n) is 16.3. The van der Waals surface area contributed by atoms with Gasteiger partial charge in [-0.05, 0) is 55.5 Å². The van der Waals surface area contributed by atoms with Crippen molar-refractivity contribution in [3.05, 3.63) is 60.9 Å². The Labute approximate surface area is 177 Å². The minimum atomic E-state index is -4.69. The number of halogens is 3. The van der Waals surface area contributed by atoms with Crippen LogP contribution < -0.4 is 4.72 Å². The Morgan fingerprint density at radius 3 is 2.52 bits per heavy atom. The number of hydrogen-bond donors (Lipinski definition) is 1. The smallest absolute Gasteiger partial charge is 0.317 e. The number of benzene rings is 1. The Morgan fingerprint density at radius 2 is 1.84 bits per heavy atom. The van der Waals surface area contributed by atoms with Crippen LogP contribution in [0.25, 0.3) is 11.1 Å². The van der Waals surface area contributed by atoms with E-state index in [9.17, 15) is 21.6 Å². The Kier molecular flexibility index (Phi) is 5.80. The first-order valence-electron chi connectivity index (χ1n) is 9.71. The molecule has 1 aliphatic rings. The Morgan fingerprint density at radius 1 is 1.06 bits per heavy atom. The number of rotatable bonds is 5. The summed E-state index contributed by atoms with van der Waals surface area (Å²) in [6, 6.07) is 5.63. The number of sulfonamides is 1. The molecule has 1 saturated carbocycles. The van der Waals surface area contributed by atoms with Crippen LogP contribution in [-0.2, 0) is 16.2 Å². The zero-order chi connectivity index (χ0) is 22.1. The summed E-state index contributed by atoms with van der Waals surface area (Å²) < 4.78 is 70.9. The molecule has 0 radical (unpaired) electrons. The molecule has 11 heteroatoms. The highest BCUT2D eigenvalue weighted by Gasteiger charge is 2.34. The standard InChI is InChI=1S/C20H20F3N5O2S/c21-20(22,23)16-7-15(14-3-2-6-24-11-14)8-19(9-16)31(29,30)27-17-4-1-5-18(10-17)28-12-25-26-13-28/h2-3,6-9,11-13,17-18,27H,1,4-5,10H2. The topological polar surface area (TPSA) is 89.8 Å². The van der Waals surface area contributed by atoms with Crippen molar-refractivity contribution in [2.75, 3.05) is 0 Å². The molecule has 0 amide bonds. The van der Waals surface area contributed by atoms with Gasteiger partial charge >= 0.3 is 6.18 Å². The van der Waals surface area contributed by atoms with Gasteiger partial charge in [0.15, 0.2) is 0 Å². The number of pyridine rings is 1. The van der Waals surface area contributed by atoms with E-state index in [4.69, 9.17) is 0 Å². The van der Waals surface area contributed by atoms with Crippen molar-refractivity contribution < 1.29 is 21.6 Å². The number of hydrogen-bond acceptors (Lipinski definition) is 5. The molecule has 7 nitrogen and oxygen atoms in total. The molecule has 0 bridgehead atoms. The first kappa shape index (κ1) is 21.4. The number of aromatic nitrogens is 4. The average Bonchev–Trinajstić information content (AvgIpc) is 3.28. The highest BCUT2D eigenvalue weighted by Crippen LogP contribution is 2.35. The van der Waals surface area contributed by atoms with Crippen molar-refractivity contribution in [3.63, 3.8) is 0 Å². The van der Waals surface area contributed by atoms with Crippen molar-refractivity contribution >= 4 is 10.0 Å². The van der Waals surface area contributed by atoms with Gasteiger partial charge in [0, 0.05) is 30.0 Å². The summed E-state index contributed by atoms with van der Waals surface area (Å²) in [4.78, 5) is 3.49. The monoisotopic (exact) mass is 451 g/mol. The van der Waals surface area contributed by atoms with Gasteiger partial charge in [0.05, 0.1) is 10.5 Å². The number of alkyl halides is 3. The largest absolute Gasteiger partial charge is 0.416 e. The second kappa shape index (κ2) is 8.39. The molecule has 2 atom stereocenters. The minimum Gasteiger partial charge on any atom is -0.317 e. The van der Waals surface area contributed by atoms with Crippen molar-refractivity contribution in [1.29, 1.82) is 0 Å². The molecule has 3 aromatic rings. The molecule has 1 fully saturated rings. The second-order valence-corrected chi connectivity index (χ2v) is 9.25. The van der Waals surface area contributed by atoms with Crippen LogP contribution in [0.5, 0.6) is 0 Å². The maximum atomic E-state index is 13.5. The quantitative estimate of drug-likeness (QED) is 0.637. The van der Waals surface area contributed by atoms with Gasteiger partial charge < -0.3 is 4.57 Å². The predicted molar refractivity (Wildman–Crippen MR) is 106 cm³/mol. The second-order valence-electron chi connectivity index (χ2n) is 7.53. The Hall–Kier alpha value is -2.79. The summed E-state index contributed by atoms with van der Waals surface area (Å²) in [6.07, 6.45) is 4.09. The molecule has 2 unspecified atom stereocenters. The first-order valence-corrected chi connectivity index (χ1v) is 11.2. The van der Waals surface area contributed by atoms with Gasteiger partial charge in [-0.25, -0.2) is 13.1 Å². The fourth-order valence-corrected chi connectivity index (χ4v) is 5.20. The lowest BCUT2D eigenvalue weighted by Crippen LogP contribution is -2.38. The summed E-state index contributed by atoms with van der Waals surface area (Å²) in [6.45, 7) is 0. The third kappa shape index (κ3) is 4.93. The highest BCUT2D eigenvalue weighted by molar-refractivity contribution is 7.89. The third-order valence-electron chi connectivity index (χ3n) is 5.37. The van der Waals surface area contributed by atoms with E-state index in [0.717, 1.165) is 18.9 Å². The molecule has 1 aromatic carbocycles. The van der Waals surface area contributed by atoms with Crippen LogP contribution >= 0.6 is 0 Å². The summed E-state index contributed by atoms with van der Waals surface area (Å²) in [5.74, 6) is 0. The lowest BCUT2D eigenvalue weighted by Gasteiger charge is -2.30. The fourth-order valence-electron chi connectivity index (χ4n) is 3.84. The third-order valence-corrected chi connectivity index (χ3v) is 6.87. The van der Waals surface area contributed by atoms with E-state index >= 15 is 0 Å². The van der Waals surface area contributed by atoms with E-state index in [0.29, 0.717) is 24.5 Å². The molecule has 2 heterocycles. The van der Waals surface area contributed by atoms with E-state index in [1.807, 2.05) is 4.57 Å². The van der Waals surface area contributed by atoms with Crippen LogP contribution in [0.2, 0.25) is 0 Å². The lowest BCUT2D eigenvalue weighted by atomic mass is 9.91. The molecule has 164 valence electrons. The van der Waals surface area contributed by atoms with Crippen molar-refractivity contribution in [1.82, 2.24) is 24.5 Å². The summed E-state index contributed by atoms with van der Waals surface area (Å²) in [5, 5.41) is 7.56. The van der Waals surface area contributed by atoms with Crippen LogP contribution in [0.15, 0.2) is 60.3 Å². The van der Waals surface area contributed by atoms with Gasteiger partial charge in [-0.3, -0.25) is 4.98 Å². The highest BCUT2D eigenvalue weighted by atomic mass is 32.2. The molecular formula is C20H20F3N5O2S. The first-order chi connectivity index (χ1) is 14.7. The van der Waals surface area contributed by atoms with Gasteiger partial charge in [0.1, 0.15) is 12.7 Å². The minimum absolute atomic E-state index is 0.0314. The molecule has 0 aliphatic heterocycles. The van der Waals surface area contributed by atoms with E-state index in [-0.39, 0.29) is 11.6 Å². The van der Waals surface area contributed by atoms with E-state index in [1.54, 1.807) is 24.8 Å². The normalized spacial score (nSPS) is 20.0. The van der Waals surface area contributed by atoms with Crippen molar-refractivity contribution in [2.45, 2.75) is 48.8 Å². The molecule has 0 saturated heterocycles. The molecule has 1 N–H and O–H groups in total. The SMILES string of the molecule is O=S(=O)(NC1CCCC(n2cnnc2)C1)c1cc(-c2cccnc2)cc(C(F)(F)F)c1. The van der Waals surface area contributed by atoms with E-state index < -0.39 is 32.7 Å². The molecule has 2 aromatic heterocycles. The van der Waals surface area contributed by atoms with Gasteiger partial charge in [-0.15, -0.1) is 10.2 Å². The zero-order valence-corrected chi connectivity index (χ0v) is 17.1. The van der Waals surface area contributed by atoms with Gasteiger partial charge in [-0.2, -0.15) is 13.2 Å².